The van der Waals surface area contributed by atoms with Crippen LogP contribution in [0, 0.1) is 0 Å². The summed E-state index contributed by atoms with van der Waals surface area (Å²) in [4.78, 5) is 14.7. The number of amides is 1. The number of hydrogen-bond acceptors (Lipinski definition) is 3. The van der Waals surface area contributed by atoms with Gasteiger partial charge in [-0.05, 0) is 36.1 Å². The summed E-state index contributed by atoms with van der Waals surface area (Å²) in [6.45, 7) is 6.42. The van der Waals surface area contributed by atoms with E-state index >= 15 is 0 Å². The second kappa shape index (κ2) is 8.39. The van der Waals surface area contributed by atoms with Gasteiger partial charge in [0.15, 0.2) is 0 Å². The van der Waals surface area contributed by atoms with Crippen LogP contribution in [-0.2, 0) is 17.6 Å². The van der Waals surface area contributed by atoms with Crippen molar-refractivity contribution in [2.45, 2.75) is 49.8 Å². The minimum atomic E-state index is 0.0910. The number of nitrogens with one attached hydrogen (secondary N) is 1. The van der Waals surface area contributed by atoms with E-state index in [1.807, 2.05) is 30.0 Å². The topological polar surface area (TPSA) is 29.1 Å². The van der Waals surface area contributed by atoms with Crippen molar-refractivity contribution in [3.8, 4) is 0 Å². The molecule has 1 amide bonds. The van der Waals surface area contributed by atoms with Gasteiger partial charge in [0.1, 0.15) is 0 Å². The maximum absolute atomic E-state index is 12.1. The number of benzene rings is 1. The van der Waals surface area contributed by atoms with Gasteiger partial charge in [0.2, 0.25) is 5.91 Å². The lowest BCUT2D eigenvalue weighted by atomic mass is 10.1. The highest BCUT2D eigenvalue weighted by atomic mass is 32.2. The molecule has 0 spiro atoms. The third-order valence-corrected chi connectivity index (χ3v) is 5.07. The zero-order chi connectivity index (χ0) is 15.9. The summed E-state index contributed by atoms with van der Waals surface area (Å²) in [6.07, 6.45) is 1.34. The first-order valence-electron chi connectivity index (χ1n) is 7.60. The molecule has 0 aliphatic carbocycles. The Bertz CT molecular complexity index is 576. The van der Waals surface area contributed by atoms with Gasteiger partial charge in [-0.3, -0.25) is 4.79 Å². The largest absolute Gasteiger partial charge is 0.353 e. The first-order valence-corrected chi connectivity index (χ1v) is 9.36. The van der Waals surface area contributed by atoms with E-state index in [4.69, 9.17) is 0 Å². The van der Waals surface area contributed by atoms with Crippen LogP contribution < -0.4 is 5.32 Å². The fourth-order valence-corrected chi connectivity index (χ4v) is 3.92. The summed E-state index contributed by atoms with van der Waals surface area (Å²) in [5.41, 5.74) is 1.06. The fourth-order valence-electron chi connectivity index (χ4n) is 2.25. The van der Waals surface area contributed by atoms with Crippen LogP contribution in [0.4, 0.5) is 0 Å². The van der Waals surface area contributed by atoms with E-state index in [9.17, 15) is 4.79 Å². The lowest BCUT2D eigenvalue weighted by Gasteiger charge is -2.13. The van der Waals surface area contributed by atoms with E-state index in [0.29, 0.717) is 11.7 Å². The van der Waals surface area contributed by atoms with Crippen molar-refractivity contribution in [1.29, 1.82) is 0 Å². The van der Waals surface area contributed by atoms with Gasteiger partial charge in [-0.1, -0.05) is 32.0 Å². The van der Waals surface area contributed by atoms with Gasteiger partial charge in [0.05, 0.1) is 6.42 Å². The molecule has 22 heavy (non-hydrogen) atoms. The van der Waals surface area contributed by atoms with E-state index < -0.39 is 0 Å². The van der Waals surface area contributed by atoms with E-state index in [2.05, 4.69) is 49.7 Å². The van der Waals surface area contributed by atoms with E-state index in [0.717, 1.165) is 12.0 Å². The predicted molar refractivity (Wildman–Crippen MR) is 96.8 cm³/mol. The van der Waals surface area contributed by atoms with E-state index in [-0.39, 0.29) is 11.9 Å². The summed E-state index contributed by atoms with van der Waals surface area (Å²) in [5, 5.41) is 5.72. The highest BCUT2D eigenvalue weighted by Gasteiger charge is 2.09. The minimum absolute atomic E-state index is 0.0910. The molecule has 1 unspecified atom stereocenters. The Kier molecular flexibility index (Phi) is 6.52. The van der Waals surface area contributed by atoms with Crippen molar-refractivity contribution in [2.24, 2.45) is 0 Å². The predicted octanol–water partition coefficient (Wildman–Crippen LogP) is 4.54. The first-order chi connectivity index (χ1) is 10.5. The van der Waals surface area contributed by atoms with Crippen LogP contribution in [0.2, 0.25) is 0 Å². The molecule has 0 radical (unpaired) electrons. The summed E-state index contributed by atoms with van der Waals surface area (Å²) >= 11 is 3.57. The van der Waals surface area contributed by atoms with Crippen LogP contribution in [0.1, 0.15) is 31.2 Å². The molecule has 1 atom stereocenters. The Balaban J connectivity index is 1.81. The summed E-state index contributed by atoms with van der Waals surface area (Å²) in [6, 6.07) is 12.6. The van der Waals surface area contributed by atoms with Crippen LogP contribution in [0.3, 0.4) is 0 Å². The average Bonchev–Trinajstić information content (AvgIpc) is 2.93. The molecule has 2 rings (SSSR count). The number of hydrogen-bond donors (Lipinski definition) is 1. The summed E-state index contributed by atoms with van der Waals surface area (Å²) < 4.78 is 0. The third kappa shape index (κ3) is 5.85. The van der Waals surface area contributed by atoms with Crippen molar-refractivity contribution < 1.29 is 4.79 Å². The lowest BCUT2D eigenvalue weighted by molar-refractivity contribution is -0.121. The van der Waals surface area contributed by atoms with Gasteiger partial charge in [-0.15, -0.1) is 23.1 Å². The molecule has 0 bridgehead atoms. The Labute approximate surface area is 141 Å². The van der Waals surface area contributed by atoms with Gasteiger partial charge in [0.25, 0.3) is 0 Å². The van der Waals surface area contributed by atoms with E-state index in [1.165, 1.54) is 9.77 Å². The molecule has 0 saturated heterocycles. The molecule has 2 nitrogen and oxygen atoms in total. The summed E-state index contributed by atoms with van der Waals surface area (Å²) in [5.74, 6) is 0.0910. The molecule has 118 valence electrons. The molecular formula is C18H23NOS2. The molecule has 1 heterocycles. The summed E-state index contributed by atoms with van der Waals surface area (Å²) in [7, 11) is 0. The Hall–Kier alpha value is -1.26. The number of carbonyl (C=O) groups excluding carboxylic acids is 1. The number of thiophene rings is 1. The molecule has 0 fully saturated rings. The molecule has 0 aliphatic heterocycles. The zero-order valence-electron chi connectivity index (χ0n) is 13.3. The number of carbonyl (C=O) groups is 1. The molecule has 4 heteroatoms. The lowest BCUT2D eigenvalue weighted by Crippen LogP contribution is -2.34. The van der Waals surface area contributed by atoms with Gasteiger partial charge in [0, 0.05) is 27.5 Å². The Morgan fingerprint density at radius 2 is 1.91 bits per heavy atom. The van der Waals surface area contributed by atoms with Crippen molar-refractivity contribution in [3.05, 3.63) is 52.2 Å². The monoisotopic (exact) mass is 333 g/mol. The van der Waals surface area contributed by atoms with Crippen molar-refractivity contribution >= 4 is 29.0 Å². The zero-order valence-corrected chi connectivity index (χ0v) is 15.0. The molecule has 0 saturated carbocycles. The number of rotatable bonds is 7. The van der Waals surface area contributed by atoms with Gasteiger partial charge >= 0.3 is 0 Å². The van der Waals surface area contributed by atoms with Crippen LogP contribution in [0.25, 0.3) is 0 Å². The SMILES string of the molecule is CC(Cc1cccs1)NC(=O)Cc1ccc(SC(C)C)cc1. The number of thioether (sulfide) groups is 1. The van der Waals surface area contributed by atoms with Crippen molar-refractivity contribution in [3.63, 3.8) is 0 Å². The molecule has 1 aromatic heterocycles. The van der Waals surface area contributed by atoms with Gasteiger partial charge in [-0.2, -0.15) is 0 Å². The normalized spacial score (nSPS) is 12.4. The molecule has 1 N–H and O–H groups in total. The second-order valence-corrected chi connectivity index (χ2v) is 8.42. The maximum Gasteiger partial charge on any atom is 0.224 e. The second-order valence-electron chi connectivity index (χ2n) is 5.74. The highest BCUT2D eigenvalue weighted by molar-refractivity contribution is 7.99. The van der Waals surface area contributed by atoms with Crippen LogP contribution in [0.15, 0.2) is 46.7 Å². The molecule has 2 aromatic rings. The van der Waals surface area contributed by atoms with Crippen LogP contribution >= 0.6 is 23.1 Å². The standard InChI is InChI=1S/C18H23NOS2/c1-13(2)22-16-8-6-15(7-9-16)12-18(20)19-14(3)11-17-5-4-10-21-17/h4-10,13-14H,11-12H2,1-3H3,(H,19,20). The maximum atomic E-state index is 12.1. The van der Waals surface area contributed by atoms with Gasteiger partial charge in [-0.25, -0.2) is 0 Å². The van der Waals surface area contributed by atoms with Crippen molar-refractivity contribution in [1.82, 2.24) is 5.32 Å². The minimum Gasteiger partial charge on any atom is -0.353 e. The fraction of sp³-hybridized carbons (Fsp3) is 0.389. The smallest absolute Gasteiger partial charge is 0.224 e. The first kappa shape index (κ1) is 17.1. The molecule has 0 aliphatic rings. The average molecular weight is 334 g/mol. The quantitative estimate of drug-likeness (QED) is 0.754. The van der Waals surface area contributed by atoms with Gasteiger partial charge < -0.3 is 5.32 Å². The highest BCUT2D eigenvalue weighted by Crippen LogP contribution is 2.23. The third-order valence-electron chi connectivity index (χ3n) is 3.15. The molecular weight excluding hydrogens is 310 g/mol. The van der Waals surface area contributed by atoms with Crippen LogP contribution in [0.5, 0.6) is 0 Å². The van der Waals surface area contributed by atoms with Crippen molar-refractivity contribution in [2.75, 3.05) is 0 Å². The Morgan fingerprint density at radius 3 is 2.50 bits per heavy atom. The molecule has 1 aromatic carbocycles. The van der Waals surface area contributed by atoms with Crippen LogP contribution in [-0.4, -0.2) is 17.2 Å². The van der Waals surface area contributed by atoms with E-state index in [1.54, 1.807) is 11.3 Å². The Morgan fingerprint density at radius 1 is 1.18 bits per heavy atom.